The molecule has 0 spiro atoms. The zero-order chi connectivity index (χ0) is 14.9. The van der Waals surface area contributed by atoms with Crippen LogP contribution < -0.4 is 5.32 Å². The maximum absolute atomic E-state index is 12.7. The molecule has 0 aromatic carbocycles. The molecule has 5 heteroatoms. The van der Waals surface area contributed by atoms with E-state index in [4.69, 9.17) is 4.74 Å². The van der Waals surface area contributed by atoms with E-state index in [-0.39, 0.29) is 29.8 Å². The Morgan fingerprint density at radius 1 is 1.30 bits per heavy atom. The molecule has 2 heterocycles. The SMILES string of the molecule is CC(C)CC1C(=O)NC(C(C)C)C(=O)N1C1CCOC1. The molecule has 3 unspecified atom stereocenters. The van der Waals surface area contributed by atoms with E-state index >= 15 is 0 Å². The van der Waals surface area contributed by atoms with E-state index in [0.29, 0.717) is 25.6 Å². The molecule has 20 heavy (non-hydrogen) atoms. The van der Waals surface area contributed by atoms with Crippen LogP contribution in [-0.2, 0) is 14.3 Å². The summed E-state index contributed by atoms with van der Waals surface area (Å²) in [5.41, 5.74) is 0. The summed E-state index contributed by atoms with van der Waals surface area (Å²) in [7, 11) is 0. The third-order valence-corrected chi connectivity index (χ3v) is 4.12. The first-order chi connectivity index (χ1) is 9.41. The summed E-state index contributed by atoms with van der Waals surface area (Å²) in [5, 5.41) is 2.90. The monoisotopic (exact) mass is 282 g/mol. The molecule has 0 aromatic heterocycles. The number of hydrogen-bond donors (Lipinski definition) is 1. The molecular weight excluding hydrogens is 256 g/mol. The van der Waals surface area contributed by atoms with Crippen LogP contribution in [0.2, 0.25) is 0 Å². The minimum absolute atomic E-state index is 0.0103. The van der Waals surface area contributed by atoms with E-state index in [9.17, 15) is 9.59 Å². The van der Waals surface area contributed by atoms with Crippen molar-refractivity contribution in [2.24, 2.45) is 11.8 Å². The van der Waals surface area contributed by atoms with Crippen LogP contribution in [0.5, 0.6) is 0 Å². The summed E-state index contributed by atoms with van der Waals surface area (Å²) in [4.78, 5) is 27.0. The van der Waals surface area contributed by atoms with Gasteiger partial charge in [-0.05, 0) is 24.7 Å². The van der Waals surface area contributed by atoms with Crippen molar-refractivity contribution in [2.75, 3.05) is 13.2 Å². The van der Waals surface area contributed by atoms with E-state index in [1.165, 1.54) is 0 Å². The molecule has 2 rings (SSSR count). The molecule has 114 valence electrons. The zero-order valence-corrected chi connectivity index (χ0v) is 12.9. The zero-order valence-electron chi connectivity index (χ0n) is 12.9. The largest absolute Gasteiger partial charge is 0.379 e. The Morgan fingerprint density at radius 3 is 2.50 bits per heavy atom. The second kappa shape index (κ2) is 6.12. The minimum Gasteiger partial charge on any atom is -0.379 e. The van der Waals surface area contributed by atoms with Crippen molar-refractivity contribution >= 4 is 11.8 Å². The highest BCUT2D eigenvalue weighted by molar-refractivity contribution is 5.97. The Bertz CT molecular complexity index is 375. The fraction of sp³-hybridized carbons (Fsp3) is 0.867. The van der Waals surface area contributed by atoms with Crippen LogP contribution in [0.1, 0.15) is 40.5 Å². The highest BCUT2D eigenvalue weighted by Crippen LogP contribution is 2.26. The molecule has 0 bridgehead atoms. The topological polar surface area (TPSA) is 58.6 Å². The van der Waals surface area contributed by atoms with Crippen molar-refractivity contribution in [1.29, 1.82) is 0 Å². The number of rotatable bonds is 4. The molecule has 0 saturated carbocycles. The van der Waals surface area contributed by atoms with Gasteiger partial charge in [-0.1, -0.05) is 27.7 Å². The van der Waals surface area contributed by atoms with Gasteiger partial charge in [0.2, 0.25) is 11.8 Å². The van der Waals surface area contributed by atoms with Gasteiger partial charge in [0.15, 0.2) is 0 Å². The number of carbonyl (C=O) groups excluding carboxylic acids is 2. The number of nitrogens with one attached hydrogen (secondary N) is 1. The lowest BCUT2D eigenvalue weighted by atomic mass is 9.92. The van der Waals surface area contributed by atoms with Crippen molar-refractivity contribution in [1.82, 2.24) is 10.2 Å². The Hall–Kier alpha value is -1.10. The fourth-order valence-corrected chi connectivity index (χ4v) is 3.05. The second-order valence-corrected chi connectivity index (χ2v) is 6.64. The van der Waals surface area contributed by atoms with Gasteiger partial charge in [0.1, 0.15) is 12.1 Å². The van der Waals surface area contributed by atoms with Crippen LogP contribution in [0.4, 0.5) is 0 Å². The van der Waals surface area contributed by atoms with Gasteiger partial charge in [0, 0.05) is 6.61 Å². The van der Waals surface area contributed by atoms with E-state index in [1.54, 1.807) is 0 Å². The summed E-state index contributed by atoms with van der Waals surface area (Å²) in [5.74, 6) is 0.528. The summed E-state index contributed by atoms with van der Waals surface area (Å²) in [6.45, 7) is 9.32. The second-order valence-electron chi connectivity index (χ2n) is 6.64. The Labute approximate surface area is 121 Å². The number of hydrogen-bond acceptors (Lipinski definition) is 3. The molecule has 0 radical (unpaired) electrons. The molecular formula is C15H26N2O3. The molecule has 2 aliphatic heterocycles. The molecule has 2 aliphatic rings. The summed E-state index contributed by atoms with van der Waals surface area (Å²) in [6.07, 6.45) is 1.54. The van der Waals surface area contributed by atoms with Crippen molar-refractivity contribution in [3.05, 3.63) is 0 Å². The van der Waals surface area contributed by atoms with Gasteiger partial charge in [0.05, 0.1) is 12.6 Å². The van der Waals surface area contributed by atoms with Crippen LogP contribution in [0.25, 0.3) is 0 Å². The average Bonchev–Trinajstić information content (AvgIpc) is 2.86. The van der Waals surface area contributed by atoms with Crippen molar-refractivity contribution in [3.8, 4) is 0 Å². The predicted octanol–water partition coefficient (Wildman–Crippen LogP) is 1.17. The molecule has 1 N–H and O–H groups in total. The third-order valence-electron chi connectivity index (χ3n) is 4.12. The first kappa shape index (κ1) is 15.3. The van der Waals surface area contributed by atoms with Crippen LogP contribution in [0.15, 0.2) is 0 Å². The standard InChI is InChI=1S/C15H26N2O3/c1-9(2)7-12-14(18)16-13(10(3)4)15(19)17(12)11-5-6-20-8-11/h9-13H,5-8H2,1-4H3,(H,16,18). The Kier molecular flexibility index (Phi) is 4.68. The molecule has 0 aromatic rings. The third kappa shape index (κ3) is 2.97. The Morgan fingerprint density at radius 2 is 2.00 bits per heavy atom. The number of amides is 2. The predicted molar refractivity (Wildman–Crippen MR) is 76.1 cm³/mol. The van der Waals surface area contributed by atoms with Crippen LogP contribution in [0.3, 0.4) is 0 Å². The maximum atomic E-state index is 12.7. The van der Waals surface area contributed by atoms with Crippen LogP contribution in [0, 0.1) is 11.8 Å². The van der Waals surface area contributed by atoms with Gasteiger partial charge in [-0.25, -0.2) is 0 Å². The minimum atomic E-state index is -0.397. The molecule has 5 nitrogen and oxygen atoms in total. The average molecular weight is 282 g/mol. The molecule has 0 aliphatic carbocycles. The summed E-state index contributed by atoms with van der Waals surface area (Å²) in [6, 6.07) is -0.686. The lowest BCUT2D eigenvalue weighted by molar-refractivity contribution is -0.154. The molecule has 2 amide bonds. The van der Waals surface area contributed by atoms with Crippen molar-refractivity contribution < 1.29 is 14.3 Å². The summed E-state index contributed by atoms with van der Waals surface area (Å²) < 4.78 is 5.42. The number of carbonyl (C=O) groups is 2. The van der Waals surface area contributed by atoms with Crippen molar-refractivity contribution in [2.45, 2.75) is 58.7 Å². The molecule has 2 saturated heterocycles. The fourth-order valence-electron chi connectivity index (χ4n) is 3.05. The van der Waals surface area contributed by atoms with Gasteiger partial charge in [-0.3, -0.25) is 9.59 Å². The lowest BCUT2D eigenvalue weighted by Crippen LogP contribution is -2.67. The molecule has 2 fully saturated rings. The van der Waals surface area contributed by atoms with Crippen LogP contribution >= 0.6 is 0 Å². The number of piperazine rings is 1. The van der Waals surface area contributed by atoms with E-state index in [2.05, 4.69) is 19.2 Å². The van der Waals surface area contributed by atoms with Gasteiger partial charge in [-0.15, -0.1) is 0 Å². The first-order valence-electron chi connectivity index (χ1n) is 7.62. The van der Waals surface area contributed by atoms with E-state index in [0.717, 1.165) is 6.42 Å². The number of nitrogens with zero attached hydrogens (tertiary/aromatic N) is 1. The highest BCUT2D eigenvalue weighted by atomic mass is 16.5. The van der Waals surface area contributed by atoms with Gasteiger partial charge < -0.3 is 15.0 Å². The van der Waals surface area contributed by atoms with Gasteiger partial charge >= 0.3 is 0 Å². The highest BCUT2D eigenvalue weighted by Gasteiger charge is 2.45. The smallest absolute Gasteiger partial charge is 0.246 e. The number of ether oxygens (including phenoxy) is 1. The van der Waals surface area contributed by atoms with Gasteiger partial charge in [0.25, 0.3) is 0 Å². The maximum Gasteiger partial charge on any atom is 0.246 e. The Balaban J connectivity index is 2.25. The van der Waals surface area contributed by atoms with Crippen molar-refractivity contribution in [3.63, 3.8) is 0 Å². The quantitative estimate of drug-likeness (QED) is 0.842. The molecule has 3 atom stereocenters. The normalized spacial score (nSPS) is 31.3. The van der Waals surface area contributed by atoms with Gasteiger partial charge in [-0.2, -0.15) is 0 Å². The first-order valence-corrected chi connectivity index (χ1v) is 7.62. The summed E-state index contributed by atoms with van der Waals surface area (Å²) >= 11 is 0. The lowest BCUT2D eigenvalue weighted by Gasteiger charge is -2.43. The van der Waals surface area contributed by atoms with Crippen LogP contribution in [-0.4, -0.2) is 48.1 Å². The van der Waals surface area contributed by atoms with E-state index in [1.807, 2.05) is 18.7 Å². The van der Waals surface area contributed by atoms with E-state index < -0.39 is 6.04 Å².